The minimum absolute atomic E-state index is 0. The first-order chi connectivity index (χ1) is 10.4. The van der Waals surface area contributed by atoms with E-state index in [1.165, 1.54) is 0 Å². The van der Waals surface area contributed by atoms with E-state index in [2.05, 4.69) is 9.68 Å². The van der Waals surface area contributed by atoms with Crippen molar-refractivity contribution in [3.05, 3.63) is 0 Å². The summed E-state index contributed by atoms with van der Waals surface area (Å²) in [5, 5.41) is 0.725. The molecule has 122 valence electrons. The third-order valence-electron chi connectivity index (χ3n) is 2.93. The molecule has 10 nitrogen and oxygen atoms in total. The van der Waals surface area contributed by atoms with Crippen molar-refractivity contribution in [2.75, 3.05) is 0 Å². The van der Waals surface area contributed by atoms with Crippen molar-refractivity contribution in [1.29, 1.82) is 0 Å². The number of imide groups is 2. The van der Waals surface area contributed by atoms with Gasteiger partial charge in [0.05, 0.1) is 12.8 Å². The fraction of sp³-hybridized carbons (Fsp3) is 0.500. The monoisotopic (exact) mass is 520 g/mol. The molecule has 2 heterocycles. The predicted molar refractivity (Wildman–Crippen MR) is 69.3 cm³/mol. The minimum atomic E-state index is -0.973. The van der Waals surface area contributed by atoms with Crippen LogP contribution in [0.3, 0.4) is 0 Å². The number of nitrogens with zero attached hydrogens (tertiary/aromatic N) is 2. The van der Waals surface area contributed by atoms with Crippen LogP contribution in [0.2, 0.25) is 0 Å². The van der Waals surface area contributed by atoms with Crippen molar-refractivity contribution in [3.8, 4) is 0 Å². The average Bonchev–Trinajstić information content (AvgIpc) is 2.95. The van der Waals surface area contributed by atoms with Gasteiger partial charge in [0.15, 0.2) is 0 Å². The summed E-state index contributed by atoms with van der Waals surface area (Å²) in [5.41, 5.74) is 0. The van der Waals surface area contributed by atoms with Gasteiger partial charge < -0.3 is 9.68 Å². The Hall–Kier alpha value is -1.86. The second-order valence-corrected chi connectivity index (χ2v) is 4.59. The number of hydrogen-bond donors (Lipinski definition) is 0. The number of hydroxylamine groups is 4. The molecule has 0 N–H and O–H groups in total. The zero-order valence-corrected chi connectivity index (χ0v) is 15.8. The van der Waals surface area contributed by atoms with E-state index in [0.29, 0.717) is 10.1 Å². The van der Waals surface area contributed by atoms with E-state index < -0.39 is 48.4 Å². The number of carbonyl (C=O) groups excluding carboxylic acids is 6. The number of amides is 4. The minimum Gasteiger partial charge on any atom is -0.330 e. The quantitative estimate of drug-likeness (QED) is 0.321. The number of carbonyl (C=O) groups is 6. The van der Waals surface area contributed by atoms with E-state index in [0.717, 1.165) is 0 Å². The molecule has 23 heavy (non-hydrogen) atoms. The summed E-state index contributed by atoms with van der Waals surface area (Å²) in [6.07, 6.45) is -1.07. The van der Waals surface area contributed by atoms with E-state index in [1.807, 2.05) is 0 Å². The Morgan fingerprint density at radius 1 is 0.696 bits per heavy atom. The van der Waals surface area contributed by atoms with Crippen LogP contribution >= 0.6 is 0 Å². The maximum absolute atomic E-state index is 11.4. The molecule has 0 bridgehead atoms. The van der Waals surface area contributed by atoms with E-state index in [9.17, 15) is 28.8 Å². The van der Waals surface area contributed by atoms with Crippen molar-refractivity contribution in [1.82, 2.24) is 10.1 Å². The van der Waals surface area contributed by atoms with Gasteiger partial charge in [-0.25, -0.2) is 9.59 Å². The van der Waals surface area contributed by atoms with Crippen LogP contribution in [0.1, 0.15) is 38.5 Å². The van der Waals surface area contributed by atoms with Crippen LogP contribution in [-0.2, 0) is 38.4 Å². The second kappa shape index (κ2) is 8.12. The maximum Gasteiger partial charge on any atom is 0.333 e. The Bertz CT molecular complexity index is 493. The normalized spacial score (nSPS) is 17.4. The Morgan fingerprint density at radius 3 is 1.22 bits per heavy atom. The summed E-state index contributed by atoms with van der Waals surface area (Å²) in [6, 6.07) is 0. The molecule has 0 aliphatic carbocycles. The molecule has 11 heteroatoms. The second-order valence-electron chi connectivity index (χ2n) is 4.59. The third-order valence-corrected chi connectivity index (χ3v) is 2.93. The van der Waals surface area contributed by atoms with Gasteiger partial charge in [0.25, 0.3) is 23.6 Å². The Morgan fingerprint density at radius 2 is 0.957 bits per heavy atom. The average molecular weight is 519 g/mol. The zero-order chi connectivity index (χ0) is 16.3. The molecule has 0 aromatic heterocycles. The molecule has 2 aliphatic rings. The van der Waals surface area contributed by atoms with Gasteiger partial charge >= 0.3 is 11.9 Å². The van der Waals surface area contributed by atoms with E-state index >= 15 is 0 Å². The molecule has 0 unspecified atom stereocenters. The fourth-order valence-corrected chi connectivity index (χ4v) is 1.81. The van der Waals surface area contributed by atoms with Crippen molar-refractivity contribution in [3.63, 3.8) is 0 Å². The first kappa shape index (κ1) is 19.2. The van der Waals surface area contributed by atoms with Gasteiger partial charge in [0.1, 0.15) is 0 Å². The largest absolute Gasteiger partial charge is 0.333 e. The molecule has 0 spiro atoms. The van der Waals surface area contributed by atoms with Gasteiger partial charge in [-0.05, 0) is 0 Å². The molecular formula is C12H12N2O8Pb. The summed E-state index contributed by atoms with van der Waals surface area (Å²) in [5.74, 6) is -4.47. The molecule has 0 aromatic carbocycles. The molecule has 2 rings (SSSR count). The molecule has 4 radical (unpaired) electrons. The van der Waals surface area contributed by atoms with Crippen molar-refractivity contribution in [2.45, 2.75) is 38.5 Å². The summed E-state index contributed by atoms with van der Waals surface area (Å²) >= 11 is 0. The molecule has 2 fully saturated rings. The topological polar surface area (TPSA) is 127 Å². The molecule has 0 saturated carbocycles. The number of rotatable bonds is 5. The maximum atomic E-state index is 11.4. The molecule has 0 atom stereocenters. The summed E-state index contributed by atoms with van der Waals surface area (Å²) in [7, 11) is 0. The van der Waals surface area contributed by atoms with Gasteiger partial charge in [-0.2, -0.15) is 0 Å². The van der Waals surface area contributed by atoms with Gasteiger partial charge in [0, 0.05) is 53.0 Å². The van der Waals surface area contributed by atoms with Crippen LogP contribution < -0.4 is 0 Å². The van der Waals surface area contributed by atoms with Gasteiger partial charge in [-0.1, -0.05) is 0 Å². The van der Waals surface area contributed by atoms with Gasteiger partial charge in [-0.3, -0.25) is 19.2 Å². The van der Waals surface area contributed by atoms with Crippen molar-refractivity contribution < 1.29 is 38.4 Å². The standard InChI is InChI=1S/C12H12N2O8.Pb/c15-7-1-2-8(16)13(7)21-11(19)5-6-12(20)22-14-9(17)3-4-10(14)18;/h1-6H2;. The summed E-state index contributed by atoms with van der Waals surface area (Å²) < 4.78 is 0. The predicted octanol–water partition coefficient (Wildman–Crippen LogP) is -1.40. The Kier molecular flexibility index (Phi) is 6.78. The SMILES string of the molecule is O=C(CCC(=O)ON1C(=O)CCC1=O)ON1C(=O)CCC1=O.[Pb]. The van der Waals surface area contributed by atoms with E-state index in [4.69, 9.17) is 0 Å². The van der Waals surface area contributed by atoms with Gasteiger partial charge in [-0.15, -0.1) is 10.1 Å². The fourth-order valence-electron chi connectivity index (χ4n) is 1.81. The first-order valence-corrected chi connectivity index (χ1v) is 6.51. The van der Waals surface area contributed by atoms with Crippen LogP contribution in [0.15, 0.2) is 0 Å². The van der Waals surface area contributed by atoms with Crippen LogP contribution in [0.5, 0.6) is 0 Å². The van der Waals surface area contributed by atoms with Crippen LogP contribution in [0, 0.1) is 0 Å². The van der Waals surface area contributed by atoms with Crippen LogP contribution in [0.4, 0.5) is 0 Å². The van der Waals surface area contributed by atoms with E-state index in [1.54, 1.807) is 0 Å². The smallest absolute Gasteiger partial charge is 0.330 e. The van der Waals surface area contributed by atoms with Gasteiger partial charge in [0.2, 0.25) is 0 Å². The summed E-state index contributed by atoms with van der Waals surface area (Å²) in [6.45, 7) is 0. The van der Waals surface area contributed by atoms with Crippen LogP contribution in [-0.4, -0.2) is 73.0 Å². The zero-order valence-electron chi connectivity index (χ0n) is 11.9. The first-order valence-electron chi connectivity index (χ1n) is 6.51. The molecule has 4 amide bonds. The van der Waals surface area contributed by atoms with E-state index in [-0.39, 0.29) is 53.0 Å². The van der Waals surface area contributed by atoms with Crippen LogP contribution in [0.25, 0.3) is 0 Å². The Labute approximate surface area is 150 Å². The summed E-state index contributed by atoms with van der Waals surface area (Å²) in [4.78, 5) is 76.8. The van der Waals surface area contributed by atoms with Crippen molar-refractivity contribution in [2.24, 2.45) is 0 Å². The number of hydrogen-bond acceptors (Lipinski definition) is 8. The Balaban J connectivity index is 0.00000264. The molecule has 2 saturated heterocycles. The molecule has 0 aromatic rings. The molecule has 2 aliphatic heterocycles. The van der Waals surface area contributed by atoms with Crippen molar-refractivity contribution >= 4 is 62.9 Å². The molecular weight excluding hydrogens is 507 g/mol. The third kappa shape index (κ3) is 4.81.